The first kappa shape index (κ1) is 14.0. The summed E-state index contributed by atoms with van der Waals surface area (Å²) in [4.78, 5) is 10.2. The molecule has 6 heteroatoms. The van der Waals surface area contributed by atoms with E-state index in [4.69, 9.17) is 21.1 Å². The first-order valence-electron chi connectivity index (χ1n) is 5.29. The monoisotopic (exact) mass is 259 g/mol. The van der Waals surface area contributed by atoms with E-state index in [-0.39, 0.29) is 5.38 Å². The van der Waals surface area contributed by atoms with Gasteiger partial charge < -0.3 is 14.4 Å². The van der Waals surface area contributed by atoms with Crippen LogP contribution in [0.4, 0.5) is 5.82 Å². The predicted octanol–water partition coefficient (Wildman–Crippen LogP) is 1.48. The molecule has 17 heavy (non-hydrogen) atoms. The maximum Gasteiger partial charge on any atom is 0.221 e. The summed E-state index contributed by atoms with van der Waals surface area (Å²) in [7, 11) is 5.16. The van der Waals surface area contributed by atoms with Gasteiger partial charge in [-0.15, -0.1) is 11.6 Å². The van der Waals surface area contributed by atoms with Crippen molar-refractivity contribution in [3.63, 3.8) is 0 Å². The molecular weight excluding hydrogens is 242 g/mol. The fraction of sp³-hybridized carbons (Fsp3) is 0.636. The van der Waals surface area contributed by atoms with Crippen LogP contribution >= 0.6 is 11.6 Å². The number of hydrogen-bond acceptors (Lipinski definition) is 5. The first-order chi connectivity index (χ1) is 8.10. The summed E-state index contributed by atoms with van der Waals surface area (Å²) in [6.07, 6.45) is 1.48. The van der Waals surface area contributed by atoms with Gasteiger partial charge in [-0.1, -0.05) is 0 Å². The van der Waals surface area contributed by atoms with E-state index in [1.807, 2.05) is 18.9 Å². The summed E-state index contributed by atoms with van der Waals surface area (Å²) in [5, 5.41) is -0.0784. The van der Waals surface area contributed by atoms with Gasteiger partial charge in [0, 0.05) is 20.7 Å². The highest BCUT2D eigenvalue weighted by Gasteiger charge is 2.14. The molecule has 1 aromatic rings. The SMILES string of the molecule is COCC(Cl)CN(C)c1ncnc(OC)c1C. The summed E-state index contributed by atoms with van der Waals surface area (Å²) in [6.45, 7) is 3.08. The Morgan fingerprint density at radius 2 is 2.12 bits per heavy atom. The van der Waals surface area contributed by atoms with Crippen molar-refractivity contribution in [2.24, 2.45) is 0 Å². The number of anilines is 1. The number of halogens is 1. The lowest BCUT2D eigenvalue weighted by molar-refractivity contribution is 0.199. The van der Waals surface area contributed by atoms with Gasteiger partial charge in [-0.05, 0) is 6.92 Å². The van der Waals surface area contributed by atoms with Crippen LogP contribution in [0, 0.1) is 6.92 Å². The topological polar surface area (TPSA) is 47.5 Å². The zero-order chi connectivity index (χ0) is 12.8. The van der Waals surface area contributed by atoms with Crippen LogP contribution < -0.4 is 9.64 Å². The standard InChI is InChI=1S/C11H18ClN3O2/c1-8-10(13-7-14-11(8)17-4)15(2)5-9(12)6-16-3/h7,9H,5-6H2,1-4H3. The van der Waals surface area contributed by atoms with Crippen LogP contribution in [0.1, 0.15) is 5.56 Å². The number of hydrogen-bond donors (Lipinski definition) is 0. The molecule has 1 atom stereocenters. The molecule has 0 amide bonds. The summed E-state index contributed by atoms with van der Waals surface area (Å²) in [6, 6.07) is 0. The lowest BCUT2D eigenvalue weighted by Crippen LogP contribution is -2.29. The molecule has 1 unspecified atom stereocenters. The molecule has 0 aliphatic heterocycles. The highest BCUT2D eigenvalue weighted by atomic mass is 35.5. The van der Waals surface area contributed by atoms with Gasteiger partial charge >= 0.3 is 0 Å². The zero-order valence-corrected chi connectivity index (χ0v) is 11.4. The number of rotatable bonds is 6. The maximum atomic E-state index is 6.11. The van der Waals surface area contributed by atoms with E-state index in [2.05, 4.69) is 9.97 Å². The van der Waals surface area contributed by atoms with Crippen LogP contribution in [0.3, 0.4) is 0 Å². The molecular formula is C11H18ClN3O2. The minimum Gasteiger partial charge on any atom is -0.481 e. The second kappa shape index (κ2) is 6.61. The van der Waals surface area contributed by atoms with Crippen molar-refractivity contribution in [2.45, 2.75) is 12.3 Å². The molecule has 96 valence electrons. The van der Waals surface area contributed by atoms with Crippen LogP contribution in [0.5, 0.6) is 5.88 Å². The molecule has 1 heterocycles. The van der Waals surface area contributed by atoms with Gasteiger partial charge in [-0.25, -0.2) is 9.97 Å². The summed E-state index contributed by atoms with van der Waals surface area (Å²) in [5.41, 5.74) is 0.902. The molecule has 0 saturated carbocycles. The van der Waals surface area contributed by atoms with E-state index >= 15 is 0 Å². The molecule has 0 aromatic carbocycles. The van der Waals surface area contributed by atoms with Crippen molar-refractivity contribution >= 4 is 17.4 Å². The molecule has 1 aromatic heterocycles. The molecule has 0 radical (unpaired) electrons. The minimum atomic E-state index is -0.0784. The van der Waals surface area contributed by atoms with Gasteiger partial charge in [0.25, 0.3) is 0 Å². The van der Waals surface area contributed by atoms with E-state index < -0.39 is 0 Å². The lowest BCUT2D eigenvalue weighted by Gasteiger charge is -2.22. The van der Waals surface area contributed by atoms with Gasteiger partial charge in [0.15, 0.2) is 0 Å². The number of ether oxygens (including phenoxy) is 2. The van der Waals surface area contributed by atoms with E-state index in [9.17, 15) is 0 Å². The first-order valence-corrected chi connectivity index (χ1v) is 5.73. The molecule has 0 spiro atoms. The maximum absolute atomic E-state index is 6.11. The van der Waals surface area contributed by atoms with Gasteiger partial charge in [0.2, 0.25) is 5.88 Å². The Morgan fingerprint density at radius 3 is 2.71 bits per heavy atom. The third-order valence-electron chi connectivity index (χ3n) is 2.39. The summed E-state index contributed by atoms with van der Waals surface area (Å²) in [5.74, 6) is 1.40. The number of alkyl halides is 1. The molecule has 0 N–H and O–H groups in total. The molecule has 0 aliphatic carbocycles. The highest BCUT2D eigenvalue weighted by Crippen LogP contribution is 2.22. The largest absolute Gasteiger partial charge is 0.481 e. The Hall–Kier alpha value is -1.07. The number of aromatic nitrogens is 2. The number of nitrogens with zero attached hydrogens (tertiary/aromatic N) is 3. The van der Waals surface area contributed by atoms with E-state index in [0.717, 1.165) is 11.4 Å². The Kier molecular flexibility index (Phi) is 5.44. The van der Waals surface area contributed by atoms with Crippen molar-refractivity contribution in [2.75, 3.05) is 39.3 Å². The third-order valence-corrected chi connectivity index (χ3v) is 2.65. The van der Waals surface area contributed by atoms with E-state index in [1.54, 1.807) is 14.2 Å². The molecule has 1 rings (SSSR count). The fourth-order valence-electron chi connectivity index (χ4n) is 1.63. The van der Waals surface area contributed by atoms with Gasteiger partial charge in [-0.2, -0.15) is 0 Å². The van der Waals surface area contributed by atoms with Gasteiger partial charge in [0.05, 0.1) is 24.7 Å². The second-order valence-corrected chi connectivity index (χ2v) is 4.38. The Balaban J connectivity index is 2.78. The minimum absolute atomic E-state index is 0.0784. The molecule has 0 aliphatic rings. The van der Waals surface area contributed by atoms with E-state index in [0.29, 0.717) is 19.0 Å². The van der Waals surface area contributed by atoms with Crippen molar-refractivity contribution in [1.29, 1.82) is 0 Å². The smallest absolute Gasteiger partial charge is 0.221 e. The Labute approximate surface area is 107 Å². The average Bonchev–Trinajstić information content (AvgIpc) is 2.29. The van der Waals surface area contributed by atoms with Crippen LogP contribution in [0.15, 0.2) is 6.33 Å². The summed E-state index contributed by atoms with van der Waals surface area (Å²) >= 11 is 6.11. The van der Waals surface area contributed by atoms with Gasteiger partial charge in [0.1, 0.15) is 12.1 Å². The molecule has 0 fully saturated rings. The Morgan fingerprint density at radius 1 is 1.41 bits per heavy atom. The van der Waals surface area contributed by atoms with Crippen molar-refractivity contribution in [3.8, 4) is 5.88 Å². The molecule has 0 saturated heterocycles. The fourth-order valence-corrected chi connectivity index (χ4v) is 1.97. The lowest BCUT2D eigenvalue weighted by atomic mass is 10.3. The molecule has 5 nitrogen and oxygen atoms in total. The van der Waals surface area contributed by atoms with Crippen LogP contribution in [0.2, 0.25) is 0 Å². The Bertz CT molecular complexity index is 363. The van der Waals surface area contributed by atoms with Crippen LogP contribution in [-0.2, 0) is 4.74 Å². The van der Waals surface area contributed by atoms with Crippen molar-refractivity contribution in [3.05, 3.63) is 11.9 Å². The van der Waals surface area contributed by atoms with Crippen molar-refractivity contribution in [1.82, 2.24) is 9.97 Å². The summed E-state index contributed by atoms with van der Waals surface area (Å²) < 4.78 is 10.2. The second-order valence-electron chi connectivity index (χ2n) is 3.76. The zero-order valence-electron chi connectivity index (χ0n) is 10.6. The van der Waals surface area contributed by atoms with Gasteiger partial charge in [-0.3, -0.25) is 0 Å². The highest BCUT2D eigenvalue weighted by molar-refractivity contribution is 6.21. The third kappa shape index (κ3) is 3.71. The quantitative estimate of drug-likeness (QED) is 0.725. The normalized spacial score (nSPS) is 12.3. The number of methoxy groups -OCH3 is 2. The van der Waals surface area contributed by atoms with E-state index in [1.165, 1.54) is 6.33 Å². The van der Waals surface area contributed by atoms with Crippen LogP contribution in [0.25, 0.3) is 0 Å². The predicted molar refractivity (Wildman–Crippen MR) is 68.1 cm³/mol. The van der Waals surface area contributed by atoms with Crippen LogP contribution in [-0.4, -0.2) is 49.8 Å². The van der Waals surface area contributed by atoms with Crippen molar-refractivity contribution < 1.29 is 9.47 Å². The average molecular weight is 260 g/mol. The molecule has 0 bridgehead atoms.